The first-order chi connectivity index (χ1) is 10.7. The Labute approximate surface area is 137 Å². The molecule has 0 bridgehead atoms. The number of benzene rings is 1. The molecule has 3 nitrogen and oxygen atoms in total. The summed E-state index contributed by atoms with van der Waals surface area (Å²) in [6.07, 6.45) is 1.79. The van der Waals surface area contributed by atoms with Gasteiger partial charge < -0.3 is 0 Å². The molecule has 2 heterocycles. The molecule has 0 aliphatic heterocycles. The summed E-state index contributed by atoms with van der Waals surface area (Å²) >= 11 is 3.05. The normalized spacial score (nSPS) is 11.4. The third kappa shape index (κ3) is 3.14. The van der Waals surface area contributed by atoms with Crippen LogP contribution in [0, 0.1) is 25.2 Å². The number of rotatable bonds is 3. The molecule has 0 unspecified atom stereocenters. The van der Waals surface area contributed by atoms with Gasteiger partial charge in [0.05, 0.1) is 22.0 Å². The Morgan fingerprint density at radius 3 is 2.50 bits per heavy atom. The fourth-order valence-corrected chi connectivity index (χ4v) is 3.36. The van der Waals surface area contributed by atoms with Crippen molar-refractivity contribution < 1.29 is 0 Å². The minimum absolute atomic E-state index is 0.550. The van der Waals surface area contributed by atoms with Gasteiger partial charge in [0.2, 0.25) is 0 Å². The lowest BCUT2D eigenvalue weighted by Crippen LogP contribution is -1.83. The summed E-state index contributed by atoms with van der Waals surface area (Å²) in [7, 11) is 0. The van der Waals surface area contributed by atoms with Crippen molar-refractivity contribution in [3.05, 3.63) is 56.3 Å². The molecule has 2 aromatic heterocycles. The van der Waals surface area contributed by atoms with Crippen LogP contribution in [0.3, 0.4) is 0 Å². The van der Waals surface area contributed by atoms with E-state index in [-0.39, 0.29) is 0 Å². The first-order valence-corrected chi connectivity index (χ1v) is 8.48. The summed E-state index contributed by atoms with van der Waals surface area (Å²) in [5, 5.41) is 15.0. The smallest absolute Gasteiger partial charge is 0.134 e. The Kier molecular flexibility index (Phi) is 4.14. The van der Waals surface area contributed by atoms with Gasteiger partial charge in [-0.05, 0) is 19.9 Å². The molecule has 0 saturated carbocycles. The van der Waals surface area contributed by atoms with Crippen molar-refractivity contribution in [3.8, 4) is 17.3 Å². The Hall–Kier alpha value is -2.29. The van der Waals surface area contributed by atoms with Crippen molar-refractivity contribution >= 4 is 34.3 Å². The maximum Gasteiger partial charge on any atom is 0.134 e. The van der Waals surface area contributed by atoms with Crippen molar-refractivity contribution in [2.24, 2.45) is 0 Å². The molecule has 0 aliphatic carbocycles. The highest BCUT2D eigenvalue weighted by Crippen LogP contribution is 2.27. The topological polar surface area (TPSA) is 49.6 Å². The van der Waals surface area contributed by atoms with Crippen molar-refractivity contribution in [2.75, 3.05) is 0 Å². The number of nitriles is 1. The minimum atomic E-state index is 0.550. The maximum atomic E-state index is 9.39. The van der Waals surface area contributed by atoms with Crippen LogP contribution in [-0.4, -0.2) is 9.97 Å². The summed E-state index contributed by atoms with van der Waals surface area (Å²) < 4.78 is 0. The van der Waals surface area contributed by atoms with Gasteiger partial charge in [0, 0.05) is 16.3 Å². The highest BCUT2D eigenvalue weighted by atomic mass is 32.1. The number of nitrogens with zero attached hydrogens (tertiary/aromatic N) is 3. The van der Waals surface area contributed by atoms with Gasteiger partial charge in [-0.3, -0.25) is 0 Å². The van der Waals surface area contributed by atoms with Gasteiger partial charge in [-0.25, -0.2) is 9.97 Å². The second-order valence-corrected chi connectivity index (χ2v) is 6.79. The Morgan fingerprint density at radius 1 is 1.09 bits per heavy atom. The lowest BCUT2D eigenvalue weighted by molar-refractivity contribution is 1.27. The SMILES string of the molecule is Cc1ccc(-c2csc(/C(C#N)=C/c3csc(C)n3)n2)cc1. The highest BCUT2D eigenvalue weighted by Gasteiger charge is 2.09. The first kappa shape index (κ1) is 14.6. The molecule has 5 heteroatoms. The average molecular weight is 323 g/mol. The molecular weight excluding hydrogens is 310 g/mol. The van der Waals surface area contributed by atoms with E-state index in [1.807, 2.05) is 29.8 Å². The van der Waals surface area contributed by atoms with Crippen LogP contribution in [0.2, 0.25) is 0 Å². The first-order valence-electron chi connectivity index (χ1n) is 6.72. The van der Waals surface area contributed by atoms with E-state index < -0.39 is 0 Å². The molecule has 3 rings (SSSR count). The molecule has 0 N–H and O–H groups in total. The van der Waals surface area contributed by atoms with Gasteiger partial charge in [0.25, 0.3) is 0 Å². The third-order valence-electron chi connectivity index (χ3n) is 3.13. The van der Waals surface area contributed by atoms with Crippen molar-refractivity contribution in [1.82, 2.24) is 9.97 Å². The number of allylic oxidation sites excluding steroid dienone is 1. The number of hydrogen-bond donors (Lipinski definition) is 0. The molecule has 0 amide bonds. The Balaban J connectivity index is 1.93. The zero-order valence-corrected chi connectivity index (χ0v) is 13.8. The number of thiazole rings is 2. The van der Waals surface area contributed by atoms with E-state index >= 15 is 0 Å². The zero-order valence-electron chi connectivity index (χ0n) is 12.2. The van der Waals surface area contributed by atoms with E-state index in [1.54, 1.807) is 17.4 Å². The van der Waals surface area contributed by atoms with E-state index in [1.165, 1.54) is 16.9 Å². The average Bonchev–Trinajstić information content (AvgIpc) is 3.15. The largest absolute Gasteiger partial charge is 0.242 e. The minimum Gasteiger partial charge on any atom is -0.242 e. The molecule has 1 aromatic carbocycles. The molecule has 22 heavy (non-hydrogen) atoms. The van der Waals surface area contributed by atoms with Gasteiger partial charge >= 0.3 is 0 Å². The van der Waals surface area contributed by atoms with Crippen LogP contribution in [0.5, 0.6) is 0 Å². The van der Waals surface area contributed by atoms with E-state index in [0.717, 1.165) is 27.0 Å². The monoisotopic (exact) mass is 323 g/mol. The Morgan fingerprint density at radius 2 is 1.86 bits per heavy atom. The van der Waals surface area contributed by atoms with E-state index in [0.29, 0.717) is 5.57 Å². The summed E-state index contributed by atoms with van der Waals surface area (Å²) in [5.41, 5.74) is 4.54. The highest BCUT2D eigenvalue weighted by molar-refractivity contribution is 7.11. The van der Waals surface area contributed by atoms with Crippen LogP contribution < -0.4 is 0 Å². The predicted molar refractivity (Wildman–Crippen MR) is 92.6 cm³/mol. The number of hydrogen-bond acceptors (Lipinski definition) is 5. The molecule has 0 radical (unpaired) electrons. The lowest BCUT2D eigenvalue weighted by atomic mass is 10.1. The molecule has 108 valence electrons. The van der Waals surface area contributed by atoms with Crippen molar-refractivity contribution in [1.29, 1.82) is 5.26 Å². The lowest BCUT2D eigenvalue weighted by Gasteiger charge is -1.97. The van der Waals surface area contributed by atoms with Crippen LogP contribution in [0.4, 0.5) is 0 Å². The summed E-state index contributed by atoms with van der Waals surface area (Å²) in [5.74, 6) is 0. The van der Waals surface area contributed by atoms with Crippen LogP contribution in [0.1, 0.15) is 21.3 Å². The van der Waals surface area contributed by atoms with Gasteiger partial charge in [-0.15, -0.1) is 22.7 Å². The quantitative estimate of drug-likeness (QED) is 0.641. The van der Waals surface area contributed by atoms with E-state index in [2.05, 4.69) is 35.1 Å². The van der Waals surface area contributed by atoms with Crippen LogP contribution in [0.25, 0.3) is 22.9 Å². The molecule has 3 aromatic rings. The Bertz CT molecular complexity index is 864. The van der Waals surface area contributed by atoms with E-state index in [4.69, 9.17) is 0 Å². The molecule has 0 aliphatic rings. The number of aryl methyl sites for hydroxylation is 2. The van der Waals surface area contributed by atoms with Gasteiger partial charge in [-0.1, -0.05) is 29.8 Å². The van der Waals surface area contributed by atoms with Crippen molar-refractivity contribution in [2.45, 2.75) is 13.8 Å². The fraction of sp³-hybridized carbons (Fsp3) is 0.118. The molecule has 0 atom stereocenters. The summed E-state index contributed by atoms with van der Waals surface area (Å²) in [6, 6.07) is 10.4. The zero-order chi connectivity index (χ0) is 15.5. The second kappa shape index (κ2) is 6.22. The standard InChI is InChI=1S/C17H13N3S2/c1-11-3-5-13(6-4-11)16-10-22-17(20-16)14(8-18)7-15-9-21-12(2)19-15/h3-7,9-10H,1-2H3/b14-7+. The number of aromatic nitrogens is 2. The predicted octanol–water partition coefficient (Wildman–Crippen LogP) is 4.95. The molecule has 0 spiro atoms. The molecule has 0 saturated heterocycles. The van der Waals surface area contributed by atoms with Gasteiger partial charge in [0.15, 0.2) is 0 Å². The summed E-state index contributed by atoms with van der Waals surface area (Å²) in [6.45, 7) is 4.01. The molecule has 0 fully saturated rings. The van der Waals surface area contributed by atoms with Gasteiger partial charge in [0.1, 0.15) is 11.1 Å². The van der Waals surface area contributed by atoms with Crippen LogP contribution in [0.15, 0.2) is 35.0 Å². The third-order valence-corrected chi connectivity index (χ3v) is 4.80. The van der Waals surface area contributed by atoms with E-state index in [9.17, 15) is 5.26 Å². The molecular formula is C17H13N3S2. The maximum absolute atomic E-state index is 9.39. The summed E-state index contributed by atoms with van der Waals surface area (Å²) in [4.78, 5) is 8.95. The fourth-order valence-electron chi connectivity index (χ4n) is 1.99. The second-order valence-electron chi connectivity index (χ2n) is 4.87. The van der Waals surface area contributed by atoms with Crippen molar-refractivity contribution in [3.63, 3.8) is 0 Å². The van der Waals surface area contributed by atoms with Crippen LogP contribution >= 0.6 is 22.7 Å². The van der Waals surface area contributed by atoms with Gasteiger partial charge in [-0.2, -0.15) is 5.26 Å². The van der Waals surface area contributed by atoms with Crippen LogP contribution in [-0.2, 0) is 0 Å².